The van der Waals surface area contributed by atoms with Crippen LogP contribution in [0, 0.1) is 5.92 Å². The highest BCUT2D eigenvalue weighted by molar-refractivity contribution is 6.07. The van der Waals surface area contributed by atoms with E-state index in [1.165, 1.54) is 22.4 Å². The van der Waals surface area contributed by atoms with E-state index in [2.05, 4.69) is 36.3 Å². The molecular formula is C22H22N2O. The predicted molar refractivity (Wildman–Crippen MR) is 103 cm³/mol. The Morgan fingerprint density at radius 2 is 1.80 bits per heavy atom. The summed E-state index contributed by atoms with van der Waals surface area (Å²) in [5.41, 5.74) is 9.44. The molecule has 2 aliphatic rings. The van der Waals surface area contributed by atoms with Crippen LogP contribution in [0.1, 0.15) is 43.4 Å². The third-order valence-electron chi connectivity index (χ3n) is 5.35. The summed E-state index contributed by atoms with van der Waals surface area (Å²) >= 11 is 0. The second-order valence-corrected chi connectivity index (χ2v) is 7.00. The van der Waals surface area contributed by atoms with Crippen molar-refractivity contribution in [2.24, 2.45) is 16.1 Å². The Kier molecular flexibility index (Phi) is 4.00. The summed E-state index contributed by atoms with van der Waals surface area (Å²) in [7, 11) is 0. The molecule has 2 aromatic rings. The van der Waals surface area contributed by atoms with Crippen LogP contribution >= 0.6 is 0 Å². The van der Waals surface area contributed by atoms with Crippen molar-refractivity contribution in [1.82, 2.24) is 0 Å². The van der Waals surface area contributed by atoms with Gasteiger partial charge in [-0.3, -0.25) is 4.99 Å². The number of hydrogen-bond acceptors (Lipinski definition) is 3. The Morgan fingerprint density at radius 3 is 2.64 bits per heavy atom. The zero-order valence-corrected chi connectivity index (χ0v) is 14.7. The summed E-state index contributed by atoms with van der Waals surface area (Å²) in [5, 5.41) is 12.5. The van der Waals surface area contributed by atoms with E-state index in [1.54, 1.807) is 12.5 Å². The van der Waals surface area contributed by atoms with Gasteiger partial charge in [-0.15, -0.1) is 0 Å². The van der Waals surface area contributed by atoms with Crippen molar-refractivity contribution >= 4 is 22.7 Å². The number of fused-ring (bicyclic) bond motifs is 2. The fourth-order valence-corrected chi connectivity index (χ4v) is 4.07. The van der Waals surface area contributed by atoms with E-state index in [0.29, 0.717) is 11.6 Å². The van der Waals surface area contributed by atoms with Crippen LogP contribution in [-0.4, -0.2) is 16.6 Å². The topological polar surface area (TPSA) is 45.0 Å². The first kappa shape index (κ1) is 15.8. The normalized spacial score (nSPS) is 21.4. The Morgan fingerprint density at radius 1 is 1.04 bits per heavy atom. The number of oxime groups is 1. The molecule has 0 bridgehead atoms. The van der Waals surface area contributed by atoms with Crippen LogP contribution < -0.4 is 0 Å². The van der Waals surface area contributed by atoms with Crippen LogP contribution in [0.3, 0.4) is 0 Å². The summed E-state index contributed by atoms with van der Waals surface area (Å²) in [4.78, 5) is 4.94. The van der Waals surface area contributed by atoms with E-state index in [1.807, 2.05) is 24.3 Å². The van der Waals surface area contributed by atoms with Gasteiger partial charge in [0, 0.05) is 24.1 Å². The van der Waals surface area contributed by atoms with Gasteiger partial charge in [-0.1, -0.05) is 60.1 Å². The molecule has 2 aromatic carbocycles. The van der Waals surface area contributed by atoms with Gasteiger partial charge in [0.2, 0.25) is 0 Å². The maximum atomic E-state index is 9.12. The molecule has 0 aromatic heterocycles. The van der Waals surface area contributed by atoms with Gasteiger partial charge in [0.15, 0.2) is 0 Å². The van der Waals surface area contributed by atoms with Crippen LogP contribution in [0.15, 0.2) is 64.3 Å². The number of rotatable bonds is 2. The molecule has 0 saturated heterocycles. The van der Waals surface area contributed by atoms with Crippen LogP contribution in [0.5, 0.6) is 0 Å². The zero-order valence-electron chi connectivity index (χ0n) is 14.7. The van der Waals surface area contributed by atoms with Crippen molar-refractivity contribution in [3.8, 4) is 0 Å². The number of benzene rings is 2. The highest BCUT2D eigenvalue weighted by Crippen LogP contribution is 2.43. The number of hydrogen-bond donors (Lipinski definition) is 1. The minimum atomic E-state index is 0.577. The minimum Gasteiger partial charge on any atom is -0.411 e. The molecule has 0 heterocycles. The molecule has 2 aliphatic carbocycles. The standard InChI is InChI=1S/C22H22N2O/c1-14-11-16-7-3-4-9-19(16)21-13-17(12-20(14)21)23-22-10-6-5-8-18(22)15(2)24-25/h3-10,14,25H,11-13H2,1-2H3/b23-17?,24-15-. The quantitative estimate of drug-likeness (QED) is 0.447. The lowest BCUT2D eigenvalue weighted by molar-refractivity contribution is 0.319. The third-order valence-corrected chi connectivity index (χ3v) is 5.35. The lowest BCUT2D eigenvalue weighted by Crippen LogP contribution is -2.10. The fourth-order valence-electron chi connectivity index (χ4n) is 4.07. The molecule has 4 rings (SSSR count). The Labute approximate surface area is 148 Å². The molecule has 3 nitrogen and oxygen atoms in total. The van der Waals surface area contributed by atoms with Crippen molar-refractivity contribution in [2.45, 2.75) is 33.1 Å². The Hall–Kier alpha value is -2.68. The summed E-state index contributed by atoms with van der Waals surface area (Å²) in [6, 6.07) is 16.6. The van der Waals surface area contributed by atoms with E-state index < -0.39 is 0 Å². The third kappa shape index (κ3) is 2.80. The fraction of sp³-hybridized carbons (Fsp3) is 0.273. The molecule has 25 heavy (non-hydrogen) atoms. The molecule has 0 fully saturated rings. The van der Waals surface area contributed by atoms with Gasteiger partial charge >= 0.3 is 0 Å². The maximum Gasteiger partial charge on any atom is 0.0858 e. The molecule has 1 atom stereocenters. The lowest BCUT2D eigenvalue weighted by Gasteiger charge is -2.24. The van der Waals surface area contributed by atoms with Gasteiger partial charge in [0.1, 0.15) is 0 Å². The maximum absolute atomic E-state index is 9.12. The minimum absolute atomic E-state index is 0.577. The first-order valence-electron chi connectivity index (χ1n) is 8.82. The molecule has 0 aliphatic heterocycles. The van der Waals surface area contributed by atoms with Crippen LogP contribution in [0.4, 0.5) is 5.69 Å². The molecule has 0 radical (unpaired) electrons. The largest absolute Gasteiger partial charge is 0.411 e. The SMILES string of the molecule is C/C(=N/O)c1ccccc1N=C1CC2=C(C1)C(C)Cc1ccccc12. The molecule has 3 heteroatoms. The number of allylic oxidation sites excluding steroid dienone is 2. The Balaban J connectivity index is 1.71. The molecule has 126 valence electrons. The number of aliphatic imine (C=N–C) groups is 1. The number of para-hydroxylation sites is 1. The second kappa shape index (κ2) is 6.32. The van der Waals surface area contributed by atoms with Gasteiger partial charge in [-0.25, -0.2) is 0 Å². The average Bonchev–Trinajstić information content (AvgIpc) is 3.06. The summed E-state index contributed by atoms with van der Waals surface area (Å²) in [5.74, 6) is 0.577. The van der Waals surface area contributed by atoms with E-state index in [0.717, 1.165) is 30.5 Å². The monoisotopic (exact) mass is 330 g/mol. The molecule has 1 N–H and O–H groups in total. The van der Waals surface area contributed by atoms with Gasteiger partial charge in [-0.2, -0.15) is 0 Å². The van der Waals surface area contributed by atoms with Crippen molar-refractivity contribution < 1.29 is 5.21 Å². The average molecular weight is 330 g/mol. The highest BCUT2D eigenvalue weighted by Gasteiger charge is 2.30. The van der Waals surface area contributed by atoms with E-state index in [4.69, 9.17) is 10.2 Å². The molecule has 1 unspecified atom stereocenters. The first-order chi connectivity index (χ1) is 12.2. The van der Waals surface area contributed by atoms with Gasteiger partial charge in [0.05, 0.1) is 11.4 Å². The molecule has 0 amide bonds. The second-order valence-electron chi connectivity index (χ2n) is 7.00. The van der Waals surface area contributed by atoms with Gasteiger partial charge < -0.3 is 5.21 Å². The molecule has 0 spiro atoms. The summed E-state index contributed by atoms with van der Waals surface area (Å²) in [6.07, 6.45) is 2.99. The summed E-state index contributed by atoms with van der Waals surface area (Å²) in [6.45, 7) is 4.12. The van der Waals surface area contributed by atoms with Gasteiger partial charge in [0.25, 0.3) is 0 Å². The van der Waals surface area contributed by atoms with Crippen molar-refractivity contribution in [2.75, 3.05) is 0 Å². The first-order valence-corrected chi connectivity index (χ1v) is 8.82. The smallest absolute Gasteiger partial charge is 0.0858 e. The zero-order chi connectivity index (χ0) is 17.4. The van der Waals surface area contributed by atoms with E-state index >= 15 is 0 Å². The van der Waals surface area contributed by atoms with Crippen molar-refractivity contribution in [1.29, 1.82) is 0 Å². The summed E-state index contributed by atoms with van der Waals surface area (Å²) < 4.78 is 0. The molecular weight excluding hydrogens is 308 g/mol. The van der Waals surface area contributed by atoms with Crippen LogP contribution in [0.25, 0.3) is 5.57 Å². The predicted octanol–water partition coefficient (Wildman–Crippen LogP) is 5.40. The van der Waals surface area contributed by atoms with Crippen molar-refractivity contribution in [3.05, 3.63) is 70.8 Å². The Bertz CT molecular complexity index is 921. The highest BCUT2D eigenvalue weighted by atomic mass is 16.4. The van der Waals surface area contributed by atoms with Crippen molar-refractivity contribution in [3.63, 3.8) is 0 Å². The molecule has 0 saturated carbocycles. The van der Waals surface area contributed by atoms with E-state index in [9.17, 15) is 0 Å². The number of nitrogens with zero attached hydrogens (tertiary/aromatic N) is 2. The van der Waals surface area contributed by atoms with E-state index in [-0.39, 0.29) is 0 Å². The lowest BCUT2D eigenvalue weighted by atomic mass is 9.81. The van der Waals surface area contributed by atoms with Gasteiger partial charge in [-0.05, 0) is 42.0 Å². The van der Waals surface area contributed by atoms with Crippen LogP contribution in [-0.2, 0) is 6.42 Å². The van der Waals surface area contributed by atoms with Crippen LogP contribution in [0.2, 0.25) is 0 Å².